The van der Waals surface area contributed by atoms with Gasteiger partial charge in [-0.2, -0.15) is 0 Å². The second-order valence-corrected chi connectivity index (χ2v) is 7.03. The zero-order valence-electron chi connectivity index (χ0n) is 10.6. The van der Waals surface area contributed by atoms with Gasteiger partial charge in [-0.3, -0.25) is 9.52 Å². The summed E-state index contributed by atoms with van der Waals surface area (Å²) in [5.41, 5.74) is 6.62. The minimum atomic E-state index is -1.42. The normalized spacial score (nSPS) is 12.4. The van der Waals surface area contributed by atoms with Gasteiger partial charge < -0.3 is 10.7 Å². The van der Waals surface area contributed by atoms with Crippen molar-refractivity contribution in [1.29, 1.82) is 0 Å². The predicted octanol–water partition coefficient (Wildman–Crippen LogP) is 3.12. The van der Waals surface area contributed by atoms with Crippen LogP contribution in [0.15, 0.2) is 39.9 Å². The number of hydrogen-bond acceptors (Lipinski definition) is 3. The number of H-pyrrole nitrogens is 1. The van der Waals surface area contributed by atoms with Gasteiger partial charge >= 0.3 is 0 Å². The Bertz CT molecular complexity index is 843. The summed E-state index contributed by atoms with van der Waals surface area (Å²) < 4.78 is 15.8. The highest BCUT2D eigenvalue weighted by Crippen LogP contribution is 2.32. The molecule has 1 unspecified atom stereocenters. The zero-order valence-corrected chi connectivity index (χ0v) is 12.9. The Balaban J connectivity index is 2.06. The fraction of sp³-hybridized carbons (Fsp3) is 0. The SMILES string of the molecule is NC(=O)c1cc2ccc(Cl)c(NS(=O)c3cccs3)c2[nH]1. The molecule has 3 rings (SSSR count). The Morgan fingerprint density at radius 2 is 2.19 bits per heavy atom. The molecule has 5 nitrogen and oxygen atoms in total. The van der Waals surface area contributed by atoms with Gasteiger partial charge in [0, 0.05) is 5.39 Å². The lowest BCUT2D eigenvalue weighted by Crippen LogP contribution is -2.11. The summed E-state index contributed by atoms with van der Waals surface area (Å²) in [6.07, 6.45) is 0. The lowest BCUT2D eigenvalue weighted by molar-refractivity contribution is 0.0996. The molecule has 0 saturated heterocycles. The molecule has 0 fully saturated rings. The molecule has 8 heteroatoms. The predicted molar refractivity (Wildman–Crippen MR) is 86.2 cm³/mol. The summed E-state index contributed by atoms with van der Waals surface area (Å²) >= 11 is 7.55. The van der Waals surface area contributed by atoms with Gasteiger partial charge in [-0.05, 0) is 23.6 Å². The Kier molecular flexibility index (Phi) is 3.71. The van der Waals surface area contributed by atoms with Crippen molar-refractivity contribution < 1.29 is 9.00 Å². The summed E-state index contributed by atoms with van der Waals surface area (Å²) in [6.45, 7) is 0. The van der Waals surface area contributed by atoms with Crippen molar-refractivity contribution in [1.82, 2.24) is 4.98 Å². The van der Waals surface area contributed by atoms with Crippen LogP contribution in [0.2, 0.25) is 5.02 Å². The number of anilines is 1. The van der Waals surface area contributed by atoms with Gasteiger partial charge in [-0.1, -0.05) is 23.7 Å². The Morgan fingerprint density at radius 1 is 1.38 bits per heavy atom. The number of hydrogen-bond donors (Lipinski definition) is 3. The van der Waals surface area contributed by atoms with Crippen molar-refractivity contribution in [3.63, 3.8) is 0 Å². The molecule has 0 aliphatic carbocycles. The van der Waals surface area contributed by atoms with Crippen LogP contribution in [0.3, 0.4) is 0 Å². The first-order chi connectivity index (χ1) is 10.1. The molecule has 0 aliphatic heterocycles. The topological polar surface area (TPSA) is 88.0 Å². The van der Waals surface area contributed by atoms with Crippen molar-refractivity contribution in [2.24, 2.45) is 5.73 Å². The number of amides is 1. The Morgan fingerprint density at radius 3 is 2.86 bits per heavy atom. The number of carbonyl (C=O) groups is 1. The van der Waals surface area contributed by atoms with Crippen molar-refractivity contribution >= 4 is 56.4 Å². The highest BCUT2D eigenvalue weighted by atomic mass is 35.5. The molecule has 2 aromatic heterocycles. The average molecular weight is 340 g/mol. The van der Waals surface area contributed by atoms with Gasteiger partial charge in [0.05, 0.1) is 16.2 Å². The van der Waals surface area contributed by atoms with E-state index < -0.39 is 16.9 Å². The largest absolute Gasteiger partial charge is 0.364 e. The lowest BCUT2D eigenvalue weighted by atomic mass is 10.2. The fourth-order valence-corrected chi connectivity index (χ4v) is 3.97. The van der Waals surface area contributed by atoms with Crippen LogP contribution in [0.5, 0.6) is 0 Å². The lowest BCUT2D eigenvalue weighted by Gasteiger charge is -2.08. The first kappa shape index (κ1) is 14.1. The van der Waals surface area contributed by atoms with Crippen molar-refractivity contribution in [2.75, 3.05) is 4.72 Å². The van der Waals surface area contributed by atoms with Crippen molar-refractivity contribution in [3.05, 3.63) is 46.4 Å². The van der Waals surface area contributed by atoms with Crippen LogP contribution in [0.25, 0.3) is 10.9 Å². The molecule has 1 aromatic carbocycles. The number of halogens is 1. The molecule has 0 radical (unpaired) electrons. The molecule has 0 bridgehead atoms. The van der Waals surface area contributed by atoms with E-state index in [9.17, 15) is 9.00 Å². The maximum atomic E-state index is 12.3. The molecule has 1 atom stereocenters. The number of rotatable bonds is 4. The third-order valence-electron chi connectivity index (χ3n) is 2.88. The first-order valence-corrected chi connectivity index (χ1v) is 8.30. The number of nitrogens with two attached hydrogens (primary N) is 1. The number of aromatic nitrogens is 1. The number of primary amides is 1. The summed E-state index contributed by atoms with van der Waals surface area (Å²) in [6, 6.07) is 8.66. The number of fused-ring (bicyclic) bond motifs is 1. The molecule has 21 heavy (non-hydrogen) atoms. The van der Waals surface area contributed by atoms with Crippen LogP contribution >= 0.6 is 22.9 Å². The number of thiophene rings is 1. The van der Waals surface area contributed by atoms with Crippen molar-refractivity contribution in [2.45, 2.75) is 4.21 Å². The highest BCUT2D eigenvalue weighted by Gasteiger charge is 2.14. The molecule has 3 aromatic rings. The van der Waals surface area contributed by atoms with Gasteiger partial charge in [0.25, 0.3) is 5.91 Å². The number of aromatic amines is 1. The Hall–Kier alpha value is -1.83. The van der Waals surface area contributed by atoms with Crippen molar-refractivity contribution in [3.8, 4) is 0 Å². The van der Waals surface area contributed by atoms with E-state index in [0.717, 1.165) is 5.39 Å². The molecular weight excluding hydrogens is 330 g/mol. The van der Waals surface area contributed by atoms with E-state index in [4.69, 9.17) is 17.3 Å². The molecule has 0 spiro atoms. The van der Waals surface area contributed by atoms with E-state index in [1.165, 1.54) is 11.3 Å². The third-order valence-corrected chi connectivity index (χ3v) is 5.49. The summed E-state index contributed by atoms with van der Waals surface area (Å²) in [4.78, 5) is 14.2. The molecule has 0 saturated carbocycles. The number of benzene rings is 1. The van der Waals surface area contributed by atoms with Crippen LogP contribution in [0.1, 0.15) is 10.5 Å². The molecule has 1 amide bonds. The molecule has 2 heterocycles. The van der Waals surface area contributed by atoms with Gasteiger partial charge in [-0.15, -0.1) is 11.3 Å². The maximum Gasteiger partial charge on any atom is 0.265 e. The van der Waals surface area contributed by atoms with Gasteiger partial charge in [0.15, 0.2) is 11.0 Å². The monoisotopic (exact) mass is 339 g/mol. The standard InChI is InChI=1S/C13H10ClN3O2S2/c14-8-4-3-7-6-9(13(15)18)16-11(7)12(8)17-21(19)10-2-1-5-20-10/h1-6,16-17H,(H2,15,18). The minimum absolute atomic E-state index is 0.275. The first-order valence-electron chi connectivity index (χ1n) is 5.89. The van der Waals surface area contributed by atoms with Gasteiger partial charge in [0.1, 0.15) is 9.90 Å². The summed E-state index contributed by atoms with van der Waals surface area (Å²) in [7, 11) is -1.42. The molecule has 0 aliphatic rings. The number of nitrogens with one attached hydrogen (secondary N) is 2. The van der Waals surface area contributed by atoms with Crippen LogP contribution < -0.4 is 10.5 Å². The fourth-order valence-electron chi connectivity index (χ4n) is 1.92. The second kappa shape index (κ2) is 5.51. The smallest absolute Gasteiger partial charge is 0.265 e. The zero-order chi connectivity index (χ0) is 15.0. The van der Waals surface area contributed by atoms with E-state index in [2.05, 4.69) is 9.71 Å². The quantitative estimate of drug-likeness (QED) is 0.682. The average Bonchev–Trinajstić information content (AvgIpc) is 3.10. The van der Waals surface area contributed by atoms with Crippen LogP contribution in [0, 0.1) is 0 Å². The van der Waals surface area contributed by atoms with Crippen LogP contribution in [0.4, 0.5) is 5.69 Å². The van der Waals surface area contributed by atoms with E-state index in [0.29, 0.717) is 20.4 Å². The number of carbonyl (C=O) groups excluding carboxylic acids is 1. The van der Waals surface area contributed by atoms with E-state index >= 15 is 0 Å². The van der Waals surface area contributed by atoms with Gasteiger partial charge in [-0.25, -0.2) is 4.21 Å². The molecule has 108 valence electrons. The third kappa shape index (κ3) is 2.67. The van der Waals surface area contributed by atoms with Gasteiger partial charge in [0.2, 0.25) is 0 Å². The second-order valence-electron chi connectivity index (χ2n) is 4.24. The molecule has 4 N–H and O–H groups in total. The summed E-state index contributed by atoms with van der Waals surface area (Å²) in [5, 5.41) is 3.01. The van der Waals surface area contributed by atoms with E-state index in [1.807, 2.05) is 11.4 Å². The maximum absolute atomic E-state index is 12.3. The van der Waals surface area contributed by atoms with Crippen LogP contribution in [-0.4, -0.2) is 15.1 Å². The van der Waals surface area contributed by atoms with Crippen LogP contribution in [-0.2, 0) is 11.0 Å². The van der Waals surface area contributed by atoms with E-state index in [-0.39, 0.29) is 5.69 Å². The molecular formula is C13H10ClN3O2S2. The highest BCUT2D eigenvalue weighted by molar-refractivity contribution is 7.88. The minimum Gasteiger partial charge on any atom is -0.364 e. The van der Waals surface area contributed by atoms with E-state index in [1.54, 1.807) is 24.3 Å². The summed E-state index contributed by atoms with van der Waals surface area (Å²) in [5.74, 6) is -0.562. The Labute approximate surface area is 131 Å².